The molecule has 0 N–H and O–H groups in total. The molecule has 0 radical (unpaired) electrons. The van der Waals surface area contributed by atoms with E-state index in [1.54, 1.807) is 24.3 Å². The largest absolute Gasteiger partial charge is 4.00 e. The Hall–Kier alpha value is -2.51. The SMILES string of the molecule is Cc1ccc(C(=O)[N-]c2ccccc2)cc1.Cc1ccc(C(=O)[N-]c2ccccc2)cc1.[Br-].[Br-].[Ti+4]. The summed E-state index contributed by atoms with van der Waals surface area (Å²) in [6.45, 7) is 3.98. The van der Waals surface area contributed by atoms with Crippen molar-refractivity contribution < 1.29 is 65.3 Å². The molecule has 0 aliphatic rings. The van der Waals surface area contributed by atoms with Gasteiger partial charge in [0.2, 0.25) is 0 Å². The molecule has 2 amide bonds. The van der Waals surface area contributed by atoms with Crippen LogP contribution in [-0.4, -0.2) is 11.8 Å². The number of rotatable bonds is 4. The van der Waals surface area contributed by atoms with Gasteiger partial charge in [-0.25, -0.2) is 0 Å². The van der Waals surface area contributed by atoms with Gasteiger partial charge in [-0.15, -0.1) is 11.4 Å². The number of amides is 2. The van der Waals surface area contributed by atoms with E-state index in [0.717, 1.165) is 11.1 Å². The third kappa shape index (κ3) is 11.2. The van der Waals surface area contributed by atoms with Crippen LogP contribution in [0.4, 0.5) is 11.4 Å². The Labute approximate surface area is 243 Å². The van der Waals surface area contributed by atoms with Gasteiger partial charge in [-0.2, -0.15) is 0 Å². The Bertz CT molecular complexity index is 1060. The molecule has 0 spiro atoms. The summed E-state index contributed by atoms with van der Waals surface area (Å²) < 4.78 is 0. The number of para-hydroxylation sites is 2. The third-order valence-corrected chi connectivity index (χ3v) is 4.57. The maximum absolute atomic E-state index is 11.8. The average Bonchev–Trinajstić information content (AvgIpc) is 2.82. The number of hydrogen-bond acceptors (Lipinski definition) is 2. The van der Waals surface area contributed by atoms with E-state index >= 15 is 0 Å². The van der Waals surface area contributed by atoms with Gasteiger partial charge in [-0.1, -0.05) is 120 Å². The summed E-state index contributed by atoms with van der Waals surface area (Å²) in [6, 6.07) is 33.3. The van der Waals surface area contributed by atoms with Gasteiger partial charge in [0.25, 0.3) is 0 Å². The van der Waals surface area contributed by atoms with Crippen LogP contribution in [0.3, 0.4) is 0 Å². The molecular weight excluding hydrogens is 604 g/mol. The first-order valence-corrected chi connectivity index (χ1v) is 10.3. The summed E-state index contributed by atoms with van der Waals surface area (Å²) in [7, 11) is 0. The summed E-state index contributed by atoms with van der Waals surface area (Å²) in [4.78, 5) is 23.5. The Morgan fingerprint density at radius 3 is 1.06 bits per heavy atom. The molecule has 4 aromatic carbocycles. The van der Waals surface area contributed by atoms with Crippen molar-refractivity contribution >= 4 is 23.2 Å². The molecule has 4 aromatic rings. The molecule has 176 valence electrons. The van der Waals surface area contributed by atoms with E-state index in [1.807, 2.05) is 98.8 Å². The predicted molar refractivity (Wildman–Crippen MR) is 130 cm³/mol. The van der Waals surface area contributed by atoms with Crippen molar-refractivity contribution in [3.05, 3.63) is 142 Å². The Balaban J connectivity index is 0.000000608. The van der Waals surface area contributed by atoms with Crippen molar-refractivity contribution in [3.63, 3.8) is 0 Å². The van der Waals surface area contributed by atoms with Crippen LogP contribution in [0.25, 0.3) is 10.6 Å². The second-order valence-corrected chi connectivity index (χ2v) is 7.24. The molecule has 7 heteroatoms. The van der Waals surface area contributed by atoms with Crippen molar-refractivity contribution in [2.75, 3.05) is 0 Å². The molecule has 4 nitrogen and oxygen atoms in total. The standard InChI is InChI=1S/2C14H13NO.2BrH.Ti/c2*1-11-7-9-12(10-8-11)14(16)15-13-5-3-2-4-6-13;;;/h2*2-10H,1H3,(H,15,16);2*1H;/q;;;;+4/p-4. The zero-order valence-corrected chi connectivity index (χ0v) is 24.1. The van der Waals surface area contributed by atoms with Crippen LogP contribution in [-0.2, 0) is 21.7 Å². The smallest absolute Gasteiger partial charge is 1.00 e. The molecule has 0 saturated carbocycles. The van der Waals surface area contributed by atoms with Crippen molar-refractivity contribution in [2.45, 2.75) is 13.8 Å². The Morgan fingerprint density at radius 2 is 0.771 bits per heavy atom. The summed E-state index contributed by atoms with van der Waals surface area (Å²) in [5, 5.41) is 8.04. The topological polar surface area (TPSA) is 62.3 Å². The number of halogens is 2. The van der Waals surface area contributed by atoms with E-state index in [9.17, 15) is 9.59 Å². The molecular formula is C28H24Br2N2O2Ti. The first-order chi connectivity index (χ1) is 15.5. The fraction of sp³-hybridized carbons (Fsp3) is 0.0714. The first kappa shape index (κ1) is 32.5. The Kier molecular flexibility index (Phi) is 15.8. The van der Waals surface area contributed by atoms with Gasteiger partial charge < -0.3 is 54.2 Å². The van der Waals surface area contributed by atoms with Gasteiger partial charge in [-0.05, 0) is 25.0 Å². The molecule has 0 saturated heterocycles. The molecule has 0 aliphatic heterocycles. The van der Waals surface area contributed by atoms with Crippen molar-refractivity contribution in [1.29, 1.82) is 0 Å². The van der Waals surface area contributed by atoms with Crippen LogP contribution in [0, 0.1) is 13.8 Å². The summed E-state index contributed by atoms with van der Waals surface area (Å²) in [6.07, 6.45) is 0. The van der Waals surface area contributed by atoms with Gasteiger partial charge in [0.15, 0.2) is 0 Å². The summed E-state index contributed by atoms with van der Waals surface area (Å²) >= 11 is 0. The number of carbonyl (C=O) groups excluding carboxylic acids is 2. The molecule has 0 aliphatic carbocycles. The molecule has 0 unspecified atom stereocenters. The normalized spacial score (nSPS) is 8.97. The number of carbonyl (C=O) groups is 2. The van der Waals surface area contributed by atoms with E-state index in [-0.39, 0.29) is 67.5 Å². The average molecular weight is 628 g/mol. The molecule has 0 aromatic heterocycles. The van der Waals surface area contributed by atoms with Crippen LogP contribution >= 0.6 is 0 Å². The van der Waals surface area contributed by atoms with Gasteiger partial charge in [0, 0.05) is 0 Å². The fourth-order valence-electron chi connectivity index (χ4n) is 2.76. The maximum Gasteiger partial charge on any atom is 4.00 e. The van der Waals surface area contributed by atoms with Crippen molar-refractivity contribution in [1.82, 2.24) is 0 Å². The zero-order valence-electron chi connectivity index (χ0n) is 19.4. The zero-order chi connectivity index (χ0) is 22.8. The van der Waals surface area contributed by atoms with Gasteiger partial charge in [0.1, 0.15) is 0 Å². The minimum absolute atomic E-state index is 0. The quantitative estimate of drug-likeness (QED) is 0.324. The maximum atomic E-state index is 11.8. The van der Waals surface area contributed by atoms with Crippen LogP contribution in [0.2, 0.25) is 0 Å². The first-order valence-electron chi connectivity index (χ1n) is 10.3. The van der Waals surface area contributed by atoms with Crippen molar-refractivity contribution in [2.24, 2.45) is 0 Å². The number of aryl methyl sites for hydroxylation is 2. The molecule has 0 bridgehead atoms. The minimum atomic E-state index is -0.203. The summed E-state index contributed by atoms with van der Waals surface area (Å²) in [5.41, 5.74) is 4.89. The van der Waals surface area contributed by atoms with Crippen LogP contribution < -0.4 is 34.0 Å². The van der Waals surface area contributed by atoms with Crippen LogP contribution in [0.15, 0.2) is 109 Å². The number of hydrogen-bond donors (Lipinski definition) is 0. The second-order valence-electron chi connectivity index (χ2n) is 7.24. The van der Waals surface area contributed by atoms with E-state index < -0.39 is 0 Å². The predicted octanol–water partition coefficient (Wildman–Crippen LogP) is 1.69. The molecule has 0 atom stereocenters. The molecule has 0 heterocycles. The van der Waals surface area contributed by atoms with E-state index in [1.165, 1.54) is 0 Å². The van der Waals surface area contributed by atoms with Crippen LogP contribution in [0.1, 0.15) is 31.8 Å². The number of nitrogens with zero attached hydrogens (tertiary/aromatic N) is 2. The Morgan fingerprint density at radius 1 is 0.486 bits per heavy atom. The van der Waals surface area contributed by atoms with E-state index in [0.29, 0.717) is 22.5 Å². The molecule has 4 rings (SSSR count). The summed E-state index contributed by atoms with van der Waals surface area (Å²) in [5.74, 6) is -0.405. The molecule has 35 heavy (non-hydrogen) atoms. The van der Waals surface area contributed by atoms with Crippen molar-refractivity contribution in [3.8, 4) is 0 Å². The third-order valence-electron chi connectivity index (χ3n) is 4.57. The molecule has 0 fully saturated rings. The van der Waals surface area contributed by atoms with E-state index in [4.69, 9.17) is 0 Å². The monoisotopic (exact) mass is 626 g/mol. The number of benzene rings is 4. The minimum Gasteiger partial charge on any atom is -1.00 e. The fourth-order valence-corrected chi connectivity index (χ4v) is 2.76. The van der Waals surface area contributed by atoms with Gasteiger partial charge in [0.05, 0.1) is 11.8 Å². The van der Waals surface area contributed by atoms with Gasteiger partial charge >= 0.3 is 21.7 Å². The second kappa shape index (κ2) is 17.0. The van der Waals surface area contributed by atoms with E-state index in [2.05, 4.69) is 10.6 Å². The van der Waals surface area contributed by atoms with Gasteiger partial charge in [-0.3, -0.25) is 0 Å². The van der Waals surface area contributed by atoms with Crippen LogP contribution in [0.5, 0.6) is 0 Å².